The Morgan fingerprint density at radius 3 is 2.65 bits per heavy atom. The molecule has 0 spiro atoms. The van der Waals surface area contributed by atoms with Crippen molar-refractivity contribution in [3.05, 3.63) is 29.8 Å². The van der Waals surface area contributed by atoms with Crippen molar-refractivity contribution in [2.45, 2.75) is 20.3 Å². The predicted octanol–water partition coefficient (Wildman–Crippen LogP) is 2.63. The summed E-state index contributed by atoms with van der Waals surface area (Å²) in [5, 5.41) is 11.6. The number of carboxylic acids is 1. The number of benzene rings is 1. The molecule has 0 saturated carbocycles. The number of carbonyl (C=O) groups excluding carboxylic acids is 2. The van der Waals surface area contributed by atoms with Crippen molar-refractivity contribution in [1.82, 2.24) is 0 Å². The van der Waals surface area contributed by atoms with Crippen LogP contribution >= 0.6 is 11.8 Å². The SMILES string of the molecule is CC(=O)SCCC(C)C(=O)Nc1cccc(C(=O)O)c1. The minimum absolute atomic E-state index is 0.0340. The first-order valence-electron chi connectivity index (χ1n) is 6.17. The highest BCUT2D eigenvalue weighted by Crippen LogP contribution is 2.15. The smallest absolute Gasteiger partial charge is 0.335 e. The van der Waals surface area contributed by atoms with E-state index in [4.69, 9.17) is 5.11 Å². The Balaban J connectivity index is 2.54. The largest absolute Gasteiger partial charge is 0.478 e. The summed E-state index contributed by atoms with van der Waals surface area (Å²) in [4.78, 5) is 33.5. The molecule has 20 heavy (non-hydrogen) atoms. The maximum absolute atomic E-state index is 11.9. The number of nitrogens with one attached hydrogen (secondary N) is 1. The van der Waals surface area contributed by atoms with E-state index in [0.29, 0.717) is 17.9 Å². The summed E-state index contributed by atoms with van der Waals surface area (Å²) >= 11 is 1.19. The third-order valence-electron chi connectivity index (χ3n) is 2.68. The fourth-order valence-corrected chi connectivity index (χ4v) is 2.26. The Hall–Kier alpha value is -1.82. The molecule has 5 nitrogen and oxygen atoms in total. The van der Waals surface area contributed by atoms with Crippen LogP contribution in [0.4, 0.5) is 5.69 Å². The molecule has 0 aliphatic heterocycles. The quantitative estimate of drug-likeness (QED) is 0.843. The molecular formula is C14H17NO4S. The predicted molar refractivity (Wildman–Crippen MR) is 79.0 cm³/mol. The molecule has 1 aromatic carbocycles. The first-order chi connectivity index (χ1) is 9.40. The molecule has 0 saturated heterocycles. The fourth-order valence-electron chi connectivity index (χ4n) is 1.51. The molecule has 108 valence electrons. The second-order valence-electron chi connectivity index (χ2n) is 4.40. The van der Waals surface area contributed by atoms with Gasteiger partial charge in [-0.25, -0.2) is 4.79 Å². The van der Waals surface area contributed by atoms with Crippen molar-refractivity contribution in [3.8, 4) is 0 Å². The number of anilines is 1. The first kappa shape index (κ1) is 16.2. The lowest BCUT2D eigenvalue weighted by Crippen LogP contribution is -2.21. The van der Waals surface area contributed by atoms with E-state index in [1.165, 1.54) is 30.8 Å². The first-order valence-corrected chi connectivity index (χ1v) is 7.16. The van der Waals surface area contributed by atoms with Crippen molar-refractivity contribution < 1.29 is 19.5 Å². The van der Waals surface area contributed by atoms with Crippen LogP contribution in [0.15, 0.2) is 24.3 Å². The van der Waals surface area contributed by atoms with Crippen molar-refractivity contribution >= 4 is 34.4 Å². The van der Waals surface area contributed by atoms with E-state index in [1.54, 1.807) is 19.1 Å². The van der Waals surface area contributed by atoms with Crippen LogP contribution in [0, 0.1) is 5.92 Å². The Kier molecular flexibility index (Phi) is 6.24. The summed E-state index contributed by atoms with van der Waals surface area (Å²) in [6.07, 6.45) is 0.592. The number of hydrogen-bond acceptors (Lipinski definition) is 4. The number of amides is 1. The van der Waals surface area contributed by atoms with Crippen LogP contribution in [0.25, 0.3) is 0 Å². The van der Waals surface area contributed by atoms with Gasteiger partial charge in [0.2, 0.25) is 5.91 Å². The minimum atomic E-state index is -1.04. The molecule has 1 atom stereocenters. The van der Waals surface area contributed by atoms with Crippen molar-refractivity contribution in [3.63, 3.8) is 0 Å². The van der Waals surface area contributed by atoms with Crippen LogP contribution in [0.3, 0.4) is 0 Å². The number of carbonyl (C=O) groups is 3. The summed E-state index contributed by atoms with van der Waals surface area (Å²) in [5.74, 6) is -0.863. The van der Waals surface area contributed by atoms with Gasteiger partial charge in [-0.3, -0.25) is 9.59 Å². The van der Waals surface area contributed by atoms with Crippen LogP contribution in [-0.4, -0.2) is 27.9 Å². The molecule has 0 aliphatic carbocycles. The second kappa shape index (κ2) is 7.69. The Morgan fingerprint density at radius 2 is 2.05 bits per heavy atom. The van der Waals surface area contributed by atoms with Gasteiger partial charge in [0.05, 0.1) is 5.56 Å². The van der Waals surface area contributed by atoms with Gasteiger partial charge < -0.3 is 10.4 Å². The van der Waals surface area contributed by atoms with Gasteiger partial charge in [-0.15, -0.1) is 0 Å². The third kappa shape index (κ3) is 5.44. The normalized spacial score (nSPS) is 11.7. The molecule has 0 fully saturated rings. The monoisotopic (exact) mass is 295 g/mol. The molecule has 1 aromatic rings. The van der Waals surface area contributed by atoms with Gasteiger partial charge in [0.1, 0.15) is 0 Å². The second-order valence-corrected chi connectivity index (χ2v) is 5.68. The standard InChI is InChI=1S/C14H17NO4S/c1-9(6-7-20-10(2)16)13(17)15-12-5-3-4-11(8-12)14(18)19/h3-5,8-9H,6-7H2,1-2H3,(H,15,17)(H,18,19). The van der Waals surface area contributed by atoms with Crippen LogP contribution in [-0.2, 0) is 9.59 Å². The van der Waals surface area contributed by atoms with Crippen molar-refractivity contribution in [1.29, 1.82) is 0 Å². The van der Waals surface area contributed by atoms with Gasteiger partial charge in [-0.2, -0.15) is 0 Å². The van der Waals surface area contributed by atoms with E-state index in [0.717, 1.165) is 0 Å². The van der Waals surface area contributed by atoms with Crippen LogP contribution in [0.5, 0.6) is 0 Å². The van der Waals surface area contributed by atoms with Gasteiger partial charge in [0, 0.05) is 24.3 Å². The van der Waals surface area contributed by atoms with E-state index < -0.39 is 5.97 Å². The summed E-state index contributed by atoms with van der Waals surface area (Å²) in [7, 11) is 0. The molecule has 0 aromatic heterocycles. The lowest BCUT2D eigenvalue weighted by Gasteiger charge is -2.11. The Morgan fingerprint density at radius 1 is 1.35 bits per heavy atom. The third-order valence-corrected chi connectivity index (χ3v) is 3.53. The summed E-state index contributed by atoms with van der Waals surface area (Å²) in [5.41, 5.74) is 0.587. The molecule has 1 rings (SSSR count). The molecule has 1 unspecified atom stereocenters. The maximum atomic E-state index is 11.9. The van der Waals surface area contributed by atoms with Crippen molar-refractivity contribution in [2.75, 3.05) is 11.1 Å². The van der Waals surface area contributed by atoms with E-state index in [-0.39, 0.29) is 22.5 Å². The zero-order chi connectivity index (χ0) is 15.1. The molecule has 6 heteroatoms. The highest BCUT2D eigenvalue weighted by atomic mass is 32.2. The van der Waals surface area contributed by atoms with E-state index in [2.05, 4.69) is 5.32 Å². The molecule has 0 heterocycles. The molecule has 0 radical (unpaired) electrons. The lowest BCUT2D eigenvalue weighted by molar-refractivity contribution is -0.119. The number of rotatable bonds is 6. The van der Waals surface area contributed by atoms with Crippen LogP contribution < -0.4 is 5.32 Å². The molecule has 0 bridgehead atoms. The van der Waals surface area contributed by atoms with E-state index in [1.807, 2.05) is 0 Å². The average Bonchev–Trinajstić information content (AvgIpc) is 2.38. The van der Waals surface area contributed by atoms with Gasteiger partial charge in [-0.05, 0) is 24.6 Å². The molecular weight excluding hydrogens is 278 g/mol. The number of hydrogen-bond donors (Lipinski definition) is 2. The molecule has 2 N–H and O–H groups in total. The zero-order valence-electron chi connectivity index (χ0n) is 11.4. The Labute approximate surface area is 121 Å². The van der Waals surface area contributed by atoms with Gasteiger partial charge in [0.25, 0.3) is 0 Å². The van der Waals surface area contributed by atoms with E-state index >= 15 is 0 Å². The number of thioether (sulfide) groups is 1. The Bertz CT molecular complexity index is 516. The van der Waals surface area contributed by atoms with Gasteiger partial charge in [-0.1, -0.05) is 24.8 Å². The summed E-state index contributed by atoms with van der Waals surface area (Å²) in [6.45, 7) is 3.27. The van der Waals surface area contributed by atoms with Crippen LogP contribution in [0.2, 0.25) is 0 Å². The summed E-state index contributed by atoms with van der Waals surface area (Å²) < 4.78 is 0. The van der Waals surface area contributed by atoms with Gasteiger partial charge in [0.15, 0.2) is 5.12 Å². The van der Waals surface area contributed by atoms with E-state index in [9.17, 15) is 14.4 Å². The zero-order valence-corrected chi connectivity index (χ0v) is 12.2. The topological polar surface area (TPSA) is 83.5 Å². The minimum Gasteiger partial charge on any atom is -0.478 e. The summed E-state index contributed by atoms with van der Waals surface area (Å²) in [6, 6.07) is 6.10. The number of carboxylic acid groups (broad SMARTS) is 1. The highest BCUT2D eigenvalue weighted by Gasteiger charge is 2.14. The molecule has 1 amide bonds. The number of aromatic carboxylic acids is 1. The molecule has 0 aliphatic rings. The average molecular weight is 295 g/mol. The van der Waals surface area contributed by atoms with Crippen LogP contribution in [0.1, 0.15) is 30.6 Å². The highest BCUT2D eigenvalue weighted by molar-refractivity contribution is 8.13. The lowest BCUT2D eigenvalue weighted by atomic mass is 10.1. The van der Waals surface area contributed by atoms with Gasteiger partial charge >= 0.3 is 5.97 Å². The maximum Gasteiger partial charge on any atom is 0.335 e. The van der Waals surface area contributed by atoms with Crippen molar-refractivity contribution in [2.24, 2.45) is 5.92 Å². The fraction of sp³-hybridized carbons (Fsp3) is 0.357.